The maximum atomic E-state index is 9.39. The molecule has 0 aliphatic carbocycles. The first-order valence-corrected chi connectivity index (χ1v) is 6.30. The summed E-state index contributed by atoms with van der Waals surface area (Å²) in [6.07, 6.45) is 3.55. The molecule has 0 aromatic rings. The topological polar surface area (TPSA) is 29.5 Å². The van der Waals surface area contributed by atoms with Gasteiger partial charge in [0.15, 0.2) is 0 Å². The van der Waals surface area contributed by atoms with Crippen molar-refractivity contribution in [1.82, 2.24) is 0 Å². The van der Waals surface area contributed by atoms with E-state index in [1.165, 1.54) is 19.3 Å². The first kappa shape index (κ1) is 13.3. The van der Waals surface area contributed by atoms with Crippen LogP contribution in [0.25, 0.3) is 0 Å². The van der Waals surface area contributed by atoms with Gasteiger partial charge in [0, 0.05) is 12.4 Å². The van der Waals surface area contributed by atoms with Crippen molar-refractivity contribution in [3.63, 3.8) is 0 Å². The van der Waals surface area contributed by atoms with Crippen LogP contribution < -0.4 is 0 Å². The van der Waals surface area contributed by atoms with Crippen LogP contribution in [0.15, 0.2) is 0 Å². The summed E-state index contributed by atoms with van der Waals surface area (Å²) in [4.78, 5) is 0. The molecule has 0 bridgehead atoms. The second-order valence-electron chi connectivity index (χ2n) is 3.10. The van der Waals surface area contributed by atoms with Gasteiger partial charge in [-0.2, -0.15) is 11.8 Å². The minimum Gasteiger partial charge on any atom is -0.390 e. The SMILES string of the molecule is CCCCCSCC(O)COCC. The maximum Gasteiger partial charge on any atom is 0.0863 e. The van der Waals surface area contributed by atoms with E-state index < -0.39 is 0 Å². The van der Waals surface area contributed by atoms with Crippen LogP contribution in [0.3, 0.4) is 0 Å². The lowest BCUT2D eigenvalue weighted by Gasteiger charge is -2.09. The molecule has 0 heterocycles. The molecule has 1 unspecified atom stereocenters. The largest absolute Gasteiger partial charge is 0.390 e. The van der Waals surface area contributed by atoms with Crippen molar-refractivity contribution in [2.75, 3.05) is 24.7 Å². The van der Waals surface area contributed by atoms with Gasteiger partial charge in [-0.3, -0.25) is 0 Å². The molecule has 0 aromatic carbocycles. The number of aliphatic hydroxyl groups is 1. The Labute approximate surface area is 86.1 Å². The summed E-state index contributed by atoms with van der Waals surface area (Å²) in [5, 5.41) is 9.39. The quantitative estimate of drug-likeness (QED) is 0.587. The number of ether oxygens (including phenoxy) is 1. The van der Waals surface area contributed by atoms with Crippen molar-refractivity contribution in [1.29, 1.82) is 0 Å². The minimum absolute atomic E-state index is 0.286. The van der Waals surface area contributed by atoms with E-state index in [0.717, 1.165) is 11.5 Å². The van der Waals surface area contributed by atoms with Crippen LogP contribution in [-0.2, 0) is 4.74 Å². The molecule has 2 nitrogen and oxygen atoms in total. The van der Waals surface area contributed by atoms with Gasteiger partial charge >= 0.3 is 0 Å². The van der Waals surface area contributed by atoms with Crippen LogP contribution in [0, 0.1) is 0 Å². The van der Waals surface area contributed by atoms with Crippen molar-refractivity contribution >= 4 is 11.8 Å². The molecule has 0 amide bonds. The minimum atomic E-state index is -0.286. The molecular formula is C10H22O2S. The molecule has 0 spiro atoms. The molecule has 3 heteroatoms. The molecule has 0 aromatic heterocycles. The van der Waals surface area contributed by atoms with Gasteiger partial charge in [0.05, 0.1) is 12.7 Å². The number of rotatable bonds is 9. The van der Waals surface area contributed by atoms with Crippen molar-refractivity contribution in [3.05, 3.63) is 0 Å². The van der Waals surface area contributed by atoms with E-state index in [2.05, 4.69) is 6.92 Å². The molecule has 0 saturated heterocycles. The second kappa shape index (κ2) is 10.4. The lowest BCUT2D eigenvalue weighted by atomic mass is 10.3. The van der Waals surface area contributed by atoms with Crippen LogP contribution in [0.1, 0.15) is 33.1 Å². The first-order chi connectivity index (χ1) is 6.31. The molecular weight excluding hydrogens is 184 g/mol. The third-order valence-electron chi connectivity index (χ3n) is 1.72. The predicted molar refractivity (Wildman–Crippen MR) is 59.3 cm³/mol. The fourth-order valence-corrected chi connectivity index (χ4v) is 1.92. The van der Waals surface area contributed by atoms with Crippen molar-refractivity contribution in [3.8, 4) is 0 Å². The van der Waals surface area contributed by atoms with E-state index in [1.54, 1.807) is 0 Å². The number of aliphatic hydroxyl groups excluding tert-OH is 1. The average molecular weight is 206 g/mol. The molecule has 0 radical (unpaired) electrons. The van der Waals surface area contributed by atoms with Gasteiger partial charge in [-0.15, -0.1) is 0 Å². The molecule has 1 atom stereocenters. The van der Waals surface area contributed by atoms with Gasteiger partial charge in [-0.05, 0) is 19.1 Å². The molecule has 13 heavy (non-hydrogen) atoms. The molecule has 0 fully saturated rings. The molecule has 0 aliphatic rings. The maximum absolute atomic E-state index is 9.39. The van der Waals surface area contributed by atoms with Gasteiger partial charge in [0.1, 0.15) is 0 Å². The van der Waals surface area contributed by atoms with E-state index >= 15 is 0 Å². The zero-order valence-corrected chi connectivity index (χ0v) is 9.61. The van der Waals surface area contributed by atoms with Gasteiger partial charge in [0.25, 0.3) is 0 Å². The number of hydrogen-bond acceptors (Lipinski definition) is 3. The standard InChI is InChI=1S/C10H22O2S/c1-3-5-6-7-13-9-10(11)8-12-4-2/h10-11H,3-9H2,1-2H3. The highest BCUT2D eigenvalue weighted by atomic mass is 32.2. The Hall–Kier alpha value is 0.270. The third kappa shape index (κ3) is 10.2. The van der Waals surface area contributed by atoms with Gasteiger partial charge in [-0.25, -0.2) is 0 Å². The highest BCUT2D eigenvalue weighted by molar-refractivity contribution is 7.99. The summed E-state index contributed by atoms with van der Waals surface area (Å²) in [7, 11) is 0. The summed E-state index contributed by atoms with van der Waals surface area (Å²) < 4.78 is 5.11. The Morgan fingerprint density at radius 3 is 2.69 bits per heavy atom. The van der Waals surface area contributed by atoms with Crippen LogP contribution in [-0.4, -0.2) is 35.9 Å². The fraction of sp³-hybridized carbons (Fsp3) is 1.00. The molecule has 80 valence electrons. The lowest BCUT2D eigenvalue weighted by Crippen LogP contribution is -2.18. The Kier molecular flexibility index (Phi) is 10.6. The highest BCUT2D eigenvalue weighted by Crippen LogP contribution is 2.07. The Morgan fingerprint density at radius 1 is 1.31 bits per heavy atom. The molecule has 0 rings (SSSR count). The molecule has 0 aliphatic heterocycles. The predicted octanol–water partition coefficient (Wildman–Crippen LogP) is 2.31. The van der Waals surface area contributed by atoms with E-state index in [-0.39, 0.29) is 6.10 Å². The van der Waals surface area contributed by atoms with Gasteiger partial charge in [-0.1, -0.05) is 19.8 Å². The summed E-state index contributed by atoms with van der Waals surface area (Å²) in [6, 6.07) is 0. The fourth-order valence-electron chi connectivity index (χ4n) is 0.975. The average Bonchev–Trinajstić information content (AvgIpc) is 2.14. The van der Waals surface area contributed by atoms with Gasteiger partial charge < -0.3 is 9.84 Å². The van der Waals surface area contributed by atoms with E-state index in [4.69, 9.17) is 4.74 Å². The van der Waals surface area contributed by atoms with E-state index in [0.29, 0.717) is 13.2 Å². The zero-order chi connectivity index (χ0) is 9.94. The van der Waals surface area contributed by atoms with Crippen molar-refractivity contribution in [2.45, 2.75) is 39.2 Å². The van der Waals surface area contributed by atoms with Crippen molar-refractivity contribution in [2.24, 2.45) is 0 Å². The van der Waals surface area contributed by atoms with Crippen LogP contribution >= 0.6 is 11.8 Å². The highest BCUT2D eigenvalue weighted by Gasteiger charge is 2.02. The molecule has 1 N–H and O–H groups in total. The summed E-state index contributed by atoms with van der Waals surface area (Å²) in [5.74, 6) is 1.97. The first-order valence-electron chi connectivity index (χ1n) is 5.14. The second-order valence-corrected chi connectivity index (χ2v) is 4.25. The van der Waals surface area contributed by atoms with Crippen LogP contribution in [0.2, 0.25) is 0 Å². The third-order valence-corrected chi connectivity index (χ3v) is 2.91. The lowest BCUT2D eigenvalue weighted by molar-refractivity contribution is 0.0551. The summed E-state index contributed by atoms with van der Waals surface area (Å²) >= 11 is 1.82. The van der Waals surface area contributed by atoms with Crippen LogP contribution in [0.4, 0.5) is 0 Å². The number of unbranched alkanes of at least 4 members (excludes halogenated alkanes) is 2. The summed E-state index contributed by atoms with van der Waals surface area (Å²) in [5.41, 5.74) is 0. The number of hydrogen-bond donors (Lipinski definition) is 1. The van der Waals surface area contributed by atoms with E-state index in [1.807, 2.05) is 18.7 Å². The Morgan fingerprint density at radius 2 is 2.08 bits per heavy atom. The van der Waals surface area contributed by atoms with Crippen molar-refractivity contribution < 1.29 is 9.84 Å². The number of thioether (sulfide) groups is 1. The zero-order valence-electron chi connectivity index (χ0n) is 8.79. The smallest absolute Gasteiger partial charge is 0.0863 e. The van der Waals surface area contributed by atoms with E-state index in [9.17, 15) is 5.11 Å². The molecule has 0 saturated carbocycles. The monoisotopic (exact) mass is 206 g/mol. The van der Waals surface area contributed by atoms with Crippen LogP contribution in [0.5, 0.6) is 0 Å². The Balaban J connectivity index is 3.03. The summed E-state index contributed by atoms with van der Waals surface area (Å²) in [6.45, 7) is 5.32. The normalized spacial score (nSPS) is 13.2. The Bertz CT molecular complexity index is 98.9. The van der Waals surface area contributed by atoms with Gasteiger partial charge in [0.2, 0.25) is 0 Å².